The molecule has 1 aromatic heterocycles. The van der Waals surface area contributed by atoms with E-state index in [1.54, 1.807) is 4.90 Å². The molecule has 128 valence electrons. The van der Waals surface area contributed by atoms with Crippen molar-refractivity contribution in [2.75, 3.05) is 31.1 Å². The number of amides is 1. The zero-order chi connectivity index (χ0) is 17.3. The number of anilines is 1. The van der Waals surface area contributed by atoms with Gasteiger partial charge in [0.2, 0.25) is 10.0 Å². The summed E-state index contributed by atoms with van der Waals surface area (Å²) in [5.74, 6) is -1.43. The minimum Gasteiger partial charge on any atom is -0.355 e. The summed E-state index contributed by atoms with van der Waals surface area (Å²) in [6.45, 7) is 0.494. The number of nitrogens with two attached hydrogens (primary N) is 1. The van der Waals surface area contributed by atoms with Crippen LogP contribution in [0.1, 0.15) is 6.42 Å². The van der Waals surface area contributed by atoms with Crippen LogP contribution in [-0.2, 0) is 14.8 Å². The number of hydrogen-bond acceptors (Lipinski definition) is 5. The van der Waals surface area contributed by atoms with E-state index in [-0.39, 0.29) is 24.5 Å². The van der Waals surface area contributed by atoms with Gasteiger partial charge in [-0.1, -0.05) is 0 Å². The highest BCUT2D eigenvalue weighted by Gasteiger charge is 2.42. The third-order valence-electron chi connectivity index (χ3n) is 3.40. The van der Waals surface area contributed by atoms with Crippen LogP contribution >= 0.6 is 0 Å². The number of halogens is 3. The molecular formula is C12H15F3N4O3S. The smallest absolute Gasteiger partial charge is 0.355 e. The molecule has 0 bridgehead atoms. The summed E-state index contributed by atoms with van der Waals surface area (Å²) < 4.78 is 59.7. The first-order chi connectivity index (χ1) is 10.6. The fraction of sp³-hybridized carbons (Fsp3) is 0.500. The van der Waals surface area contributed by atoms with Crippen LogP contribution in [0.25, 0.3) is 0 Å². The summed E-state index contributed by atoms with van der Waals surface area (Å²) >= 11 is 0. The summed E-state index contributed by atoms with van der Waals surface area (Å²) in [5.41, 5.74) is 0. The van der Waals surface area contributed by atoms with Crippen LogP contribution in [0.15, 0.2) is 23.2 Å². The van der Waals surface area contributed by atoms with Gasteiger partial charge in [-0.3, -0.25) is 4.79 Å². The van der Waals surface area contributed by atoms with Crippen molar-refractivity contribution in [2.24, 2.45) is 5.14 Å². The molecule has 0 unspecified atom stereocenters. The Bertz CT molecular complexity index is 676. The molecule has 0 radical (unpaired) electrons. The lowest BCUT2D eigenvalue weighted by atomic mass is 10.3. The number of sulfonamides is 1. The Hall–Kier alpha value is -1.88. The van der Waals surface area contributed by atoms with Gasteiger partial charge in [-0.05, 0) is 18.6 Å². The van der Waals surface area contributed by atoms with Crippen LogP contribution in [0.5, 0.6) is 0 Å². The van der Waals surface area contributed by atoms with E-state index in [0.29, 0.717) is 18.8 Å². The Morgan fingerprint density at radius 2 is 1.87 bits per heavy atom. The van der Waals surface area contributed by atoms with Crippen LogP contribution < -0.4 is 10.0 Å². The second-order valence-corrected chi connectivity index (χ2v) is 6.59. The van der Waals surface area contributed by atoms with Crippen LogP contribution in [0.3, 0.4) is 0 Å². The van der Waals surface area contributed by atoms with Gasteiger partial charge in [-0.2, -0.15) is 13.2 Å². The minimum absolute atomic E-state index is 0.00407. The van der Waals surface area contributed by atoms with Crippen molar-refractivity contribution in [2.45, 2.75) is 17.5 Å². The Kier molecular flexibility index (Phi) is 4.80. The third-order valence-corrected chi connectivity index (χ3v) is 4.30. The molecule has 1 fully saturated rings. The maximum absolute atomic E-state index is 12.5. The molecule has 0 atom stereocenters. The first kappa shape index (κ1) is 17.5. The van der Waals surface area contributed by atoms with Crippen molar-refractivity contribution in [1.29, 1.82) is 0 Å². The maximum atomic E-state index is 12.5. The monoisotopic (exact) mass is 352 g/mol. The van der Waals surface area contributed by atoms with Crippen molar-refractivity contribution >= 4 is 21.7 Å². The molecule has 23 heavy (non-hydrogen) atoms. The van der Waals surface area contributed by atoms with Crippen molar-refractivity contribution in [3.05, 3.63) is 18.3 Å². The van der Waals surface area contributed by atoms with Crippen molar-refractivity contribution < 1.29 is 26.4 Å². The SMILES string of the molecule is NS(=O)(=O)c1ccc(N2CCCN(C(=O)C(F)(F)F)CC2)nc1. The summed E-state index contributed by atoms with van der Waals surface area (Å²) in [6.07, 6.45) is -3.45. The summed E-state index contributed by atoms with van der Waals surface area (Å²) in [7, 11) is -3.85. The van der Waals surface area contributed by atoms with Gasteiger partial charge in [-0.15, -0.1) is 0 Å². The standard InChI is InChI=1S/C12H15F3N4O3S/c13-12(14,15)11(20)19-5-1-4-18(6-7-19)10-3-2-9(8-17-10)23(16,21)22/h2-3,8H,1,4-7H2,(H2,16,21,22). The van der Waals surface area contributed by atoms with E-state index >= 15 is 0 Å². The number of pyridine rings is 1. The number of primary sulfonamides is 1. The highest BCUT2D eigenvalue weighted by atomic mass is 32.2. The molecule has 2 heterocycles. The fourth-order valence-corrected chi connectivity index (χ4v) is 2.71. The van der Waals surface area contributed by atoms with Gasteiger partial charge in [0.1, 0.15) is 10.7 Å². The molecule has 1 saturated heterocycles. The van der Waals surface area contributed by atoms with Gasteiger partial charge in [0.25, 0.3) is 0 Å². The fourth-order valence-electron chi connectivity index (χ4n) is 2.26. The van der Waals surface area contributed by atoms with Crippen LogP contribution in [0.4, 0.5) is 19.0 Å². The van der Waals surface area contributed by atoms with Gasteiger partial charge < -0.3 is 9.80 Å². The number of aromatic nitrogens is 1. The lowest BCUT2D eigenvalue weighted by molar-refractivity contribution is -0.185. The highest BCUT2D eigenvalue weighted by molar-refractivity contribution is 7.89. The van der Waals surface area contributed by atoms with Gasteiger partial charge in [0, 0.05) is 32.4 Å². The number of alkyl halides is 3. The Labute approximate surface area is 130 Å². The molecule has 1 aliphatic heterocycles. The zero-order valence-corrected chi connectivity index (χ0v) is 12.8. The van der Waals surface area contributed by atoms with Gasteiger partial charge in [0.15, 0.2) is 0 Å². The van der Waals surface area contributed by atoms with Crippen molar-refractivity contribution in [3.8, 4) is 0 Å². The van der Waals surface area contributed by atoms with Crippen LogP contribution in [0.2, 0.25) is 0 Å². The average molecular weight is 352 g/mol. The Morgan fingerprint density at radius 1 is 1.17 bits per heavy atom. The lowest BCUT2D eigenvalue weighted by Crippen LogP contribution is -2.43. The number of carbonyl (C=O) groups excluding carboxylic acids is 1. The molecular weight excluding hydrogens is 337 g/mol. The highest BCUT2D eigenvalue weighted by Crippen LogP contribution is 2.21. The molecule has 7 nitrogen and oxygen atoms in total. The Morgan fingerprint density at radius 3 is 2.39 bits per heavy atom. The number of nitrogens with zero attached hydrogens (tertiary/aromatic N) is 3. The van der Waals surface area contributed by atoms with E-state index in [1.807, 2.05) is 0 Å². The second-order valence-electron chi connectivity index (χ2n) is 5.03. The molecule has 2 N–H and O–H groups in total. The molecule has 0 aromatic carbocycles. The quantitative estimate of drug-likeness (QED) is 0.827. The first-order valence-electron chi connectivity index (χ1n) is 6.69. The second kappa shape index (κ2) is 6.32. The van der Waals surface area contributed by atoms with Crippen molar-refractivity contribution in [1.82, 2.24) is 9.88 Å². The average Bonchev–Trinajstić information content (AvgIpc) is 2.70. The van der Waals surface area contributed by atoms with E-state index in [2.05, 4.69) is 4.98 Å². The summed E-state index contributed by atoms with van der Waals surface area (Å²) in [5, 5.41) is 4.97. The normalized spacial score (nSPS) is 17.0. The van der Waals surface area contributed by atoms with Crippen LogP contribution in [-0.4, -0.2) is 56.6 Å². The van der Waals surface area contributed by atoms with Gasteiger partial charge >= 0.3 is 12.1 Å². The molecule has 1 amide bonds. The third kappa shape index (κ3) is 4.32. The largest absolute Gasteiger partial charge is 0.471 e. The molecule has 0 saturated carbocycles. The van der Waals surface area contributed by atoms with E-state index in [9.17, 15) is 26.4 Å². The predicted octanol–water partition coefficient (Wildman–Crippen LogP) is 0.330. The molecule has 2 rings (SSSR count). The molecule has 1 aromatic rings. The summed E-state index contributed by atoms with van der Waals surface area (Å²) in [4.78, 5) is 17.5. The van der Waals surface area contributed by atoms with Gasteiger partial charge in [0.05, 0.1) is 0 Å². The van der Waals surface area contributed by atoms with E-state index in [4.69, 9.17) is 5.14 Å². The van der Waals surface area contributed by atoms with Gasteiger partial charge in [-0.25, -0.2) is 18.5 Å². The van der Waals surface area contributed by atoms with E-state index in [0.717, 1.165) is 11.1 Å². The molecule has 11 heteroatoms. The zero-order valence-electron chi connectivity index (χ0n) is 12.0. The molecule has 0 aliphatic carbocycles. The number of hydrogen-bond donors (Lipinski definition) is 1. The molecule has 0 spiro atoms. The van der Waals surface area contributed by atoms with E-state index in [1.165, 1.54) is 12.1 Å². The van der Waals surface area contributed by atoms with Crippen molar-refractivity contribution in [3.63, 3.8) is 0 Å². The van der Waals surface area contributed by atoms with Crippen LogP contribution in [0, 0.1) is 0 Å². The first-order valence-corrected chi connectivity index (χ1v) is 8.23. The topological polar surface area (TPSA) is 96.6 Å². The number of carbonyl (C=O) groups is 1. The predicted molar refractivity (Wildman–Crippen MR) is 75.1 cm³/mol. The van der Waals surface area contributed by atoms with E-state index < -0.39 is 22.1 Å². The number of rotatable bonds is 2. The Balaban J connectivity index is 2.07. The maximum Gasteiger partial charge on any atom is 0.471 e. The lowest BCUT2D eigenvalue weighted by Gasteiger charge is -2.23. The minimum atomic E-state index is -4.88. The summed E-state index contributed by atoms with van der Waals surface area (Å²) in [6, 6.07) is 2.71. The molecule has 1 aliphatic rings.